The largest absolute Gasteiger partial charge is 0.494 e. The van der Waals surface area contributed by atoms with Gasteiger partial charge in [0.2, 0.25) is 5.88 Å². The quantitative estimate of drug-likeness (QED) is 0.362. The number of ketones is 1. The molecule has 0 bridgehead atoms. The number of ether oxygens (including phenoxy) is 1. The maximum Gasteiger partial charge on any atom is 0.271 e. The van der Waals surface area contributed by atoms with E-state index in [1.54, 1.807) is 6.92 Å². The fourth-order valence-electron chi connectivity index (χ4n) is 3.37. The van der Waals surface area contributed by atoms with Crippen LogP contribution in [0, 0.1) is 18.3 Å². The molecule has 0 saturated heterocycles. The molecule has 0 radical (unpaired) electrons. The molecule has 0 aliphatic rings. The molecule has 8 heteroatoms. The number of pyridine rings is 1. The zero-order valence-electron chi connectivity index (χ0n) is 17.9. The predicted octanol–water partition coefficient (Wildman–Crippen LogP) is 5.64. The molecule has 0 aliphatic heterocycles. The fourth-order valence-corrected chi connectivity index (χ4v) is 3.97. The zero-order chi connectivity index (χ0) is 23.1. The maximum atomic E-state index is 13.2. The van der Waals surface area contributed by atoms with E-state index in [9.17, 15) is 20.0 Å². The average Bonchev–Trinajstić information content (AvgIpc) is 2.72. The monoisotopic (exact) mass is 464 g/mol. The van der Waals surface area contributed by atoms with E-state index >= 15 is 0 Å². The van der Waals surface area contributed by atoms with Gasteiger partial charge >= 0.3 is 0 Å². The minimum atomic E-state index is -0.643. The lowest BCUT2D eigenvalue weighted by Crippen LogP contribution is -2.26. The average molecular weight is 465 g/mol. The summed E-state index contributed by atoms with van der Waals surface area (Å²) in [7, 11) is 0. The standard InChI is InChI=1S/C23H26Cl2N2O4/c1-4-6-7-8-9-10-31-21-17(24)11-15(12-18(21)25)20(28)19-14(3)16(13-26)22(29)27(5-2)23(19)30/h11-12,30H,4-10H2,1-3H3. The molecule has 0 spiro atoms. The van der Waals surface area contributed by atoms with Gasteiger partial charge in [-0.2, -0.15) is 5.26 Å². The summed E-state index contributed by atoms with van der Waals surface area (Å²) in [6.45, 7) is 5.80. The van der Waals surface area contributed by atoms with Crippen LogP contribution in [0.5, 0.6) is 11.6 Å². The second-order valence-electron chi connectivity index (χ2n) is 7.22. The van der Waals surface area contributed by atoms with E-state index in [2.05, 4.69) is 6.92 Å². The van der Waals surface area contributed by atoms with Gasteiger partial charge in [0.25, 0.3) is 5.56 Å². The minimum absolute atomic E-state index is 0.104. The Labute approximate surface area is 192 Å². The molecule has 6 nitrogen and oxygen atoms in total. The molecule has 0 amide bonds. The Morgan fingerprint density at radius 3 is 2.32 bits per heavy atom. The van der Waals surface area contributed by atoms with E-state index in [1.807, 2.05) is 6.07 Å². The highest BCUT2D eigenvalue weighted by Crippen LogP contribution is 2.36. The number of aromatic hydroxyl groups is 1. The van der Waals surface area contributed by atoms with E-state index in [4.69, 9.17) is 27.9 Å². The molecule has 1 aromatic carbocycles. The van der Waals surface area contributed by atoms with E-state index in [0.29, 0.717) is 12.4 Å². The van der Waals surface area contributed by atoms with Gasteiger partial charge in [-0.15, -0.1) is 0 Å². The number of nitriles is 1. The summed E-state index contributed by atoms with van der Waals surface area (Å²) in [5.74, 6) is -0.787. The molecule has 0 fully saturated rings. The van der Waals surface area contributed by atoms with Crippen LogP contribution in [0.3, 0.4) is 0 Å². The summed E-state index contributed by atoms with van der Waals surface area (Å²) in [4.78, 5) is 25.5. The molecule has 166 valence electrons. The normalized spacial score (nSPS) is 10.7. The van der Waals surface area contributed by atoms with Gasteiger partial charge in [0.15, 0.2) is 11.5 Å². The van der Waals surface area contributed by atoms with Crippen molar-refractivity contribution < 1.29 is 14.6 Å². The van der Waals surface area contributed by atoms with Gasteiger partial charge in [0, 0.05) is 12.1 Å². The summed E-state index contributed by atoms with van der Waals surface area (Å²) < 4.78 is 6.70. The van der Waals surface area contributed by atoms with Crippen molar-refractivity contribution in [1.82, 2.24) is 4.57 Å². The molecule has 2 aromatic rings. The first kappa shape index (κ1) is 24.8. The SMILES string of the molecule is CCCCCCCOc1c(Cl)cc(C(=O)c2c(C)c(C#N)c(=O)n(CC)c2O)cc1Cl. The van der Waals surface area contributed by atoms with Crippen LogP contribution in [-0.4, -0.2) is 22.1 Å². The lowest BCUT2D eigenvalue weighted by molar-refractivity contribution is 0.103. The van der Waals surface area contributed by atoms with Gasteiger partial charge < -0.3 is 9.84 Å². The van der Waals surface area contributed by atoms with Crippen LogP contribution in [0.25, 0.3) is 0 Å². The number of unbranched alkanes of at least 4 members (excludes halogenated alkanes) is 4. The first-order valence-electron chi connectivity index (χ1n) is 10.3. The van der Waals surface area contributed by atoms with Crippen LogP contribution in [0.15, 0.2) is 16.9 Å². The van der Waals surface area contributed by atoms with Crippen molar-refractivity contribution in [1.29, 1.82) is 5.26 Å². The highest BCUT2D eigenvalue weighted by molar-refractivity contribution is 6.38. The van der Waals surface area contributed by atoms with Crippen molar-refractivity contribution in [3.05, 3.63) is 54.8 Å². The number of carbonyl (C=O) groups excluding carboxylic acids is 1. The van der Waals surface area contributed by atoms with Crippen molar-refractivity contribution in [2.24, 2.45) is 0 Å². The molecular formula is C23H26Cl2N2O4. The first-order valence-corrected chi connectivity index (χ1v) is 11.1. The van der Waals surface area contributed by atoms with Crippen molar-refractivity contribution in [3.8, 4) is 17.7 Å². The third kappa shape index (κ3) is 5.41. The number of hydrogen-bond donors (Lipinski definition) is 1. The number of carbonyl (C=O) groups is 1. The Hall–Kier alpha value is -2.49. The number of rotatable bonds is 10. The van der Waals surface area contributed by atoms with Crippen molar-refractivity contribution in [2.45, 2.75) is 59.4 Å². The van der Waals surface area contributed by atoms with Gasteiger partial charge in [-0.1, -0.05) is 55.8 Å². The van der Waals surface area contributed by atoms with Crippen LogP contribution in [0.2, 0.25) is 10.0 Å². The molecule has 1 aromatic heterocycles. The minimum Gasteiger partial charge on any atom is -0.494 e. The number of aromatic nitrogens is 1. The van der Waals surface area contributed by atoms with Crippen LogP contribution in [0.4, 0.5) is 0 Å². The van der Waals surface area contributed by atoms with E-state index in [-0.39, 0.29) is 38.8 Å². The summed E-state index contributed by atoms with van der Waals surface area (Å²) in [5, 5.41) is 20.2. The highest BCUT2D eigenvalue weighted by atomic mass is 35.5. The van der Waals surface area contributed by atoms with Crippen LogP contribution in [-0.2, 0) is 6.54 Å². The molecule has 0 saturated carbocycles. The van der Waals surface area contributed by atoms with Gasteiger partial charge in [-0.3, -0.25) is 14.2 Å². The molecular weight excluding hydrogens is 439 g/mol. The number of halogens is 2. The van der Waals surface area contributed by atoms with Crippen LogP contribution in [0.1, 0.15) is 73.0 Å². The van der Waals surface area contributed by atoms with Crippen LogP contribution >= 0.6 is 23.2 Å². The Kier molecular flexibility index (Phi) is 8.97. The molecule has 2 rings (SSSR count). The van der Waals surface area contributed by atoms with Gasteiger partial charge in [-0.05, 0) is 38.0 Å². The predicted molar refractivity (Wildman–Crippen MR) is 122 cm³/mol. The number of hydrogen-bond acceptors (Lipinski definition) is 5. The first-order chi connectivity index (χ1) is 14.8. The summed E-state index contributed by atoms with van der Waals surface area (Å²) in [6, 6.07) is 4.64. The molecule has 1 N–H and O–H groups in total. The maximum absolute atomic E-state index is 13.2. The zero-order valence-corrected chi connectivity index (χ0v) is 19.4. The molecule has 1 heterocycles. The summed E-state index contributed by atoms with van der Waals surface area (Å²) >= 11 is 12.6. The van der Waals surface area contributed by atoms with E-state index in [0.717, 1.165) is 30.3 Å². The lowest BCUT2D eigenvalue weighted by atomic mass is 9.97. The van der Waals surface area contributed by atoms with Gasteiger partial charge in [0.05, 0.1) is 22.2 Å². The van der Waals surface area contributed by atoms with Crippen LogP contribution < -0.4 is 10.3 Å². The van der Waals surface area contributed by atoms with Crippen molar-refractivity contribution in [3.63, 3.8) is 0 Å². The number of benzene rings is 1. The second kappa shape index (κ2) is 11.2. The van der Waals surface area contributed by atoms with Crippen molar-refractivity contribution >= 4 is 29.0 Å². The Balaban J connectivity index is 2.36. The molecule has 31 heavy (non-hydrogen) atoms. The summed E-state index contributed by atoms with van der Waals surface area (Å²) in [5.41, 5.74) is -0.735. The van der Waals surface area contributed by atoms with Gasteiger partial charge in [0.1, 0.15) is 11.6 Å². The van der Waals surface area contributed by atoms with E-state index in [1.165, 1.54) is 25.5 Å². The third-order valence-electron chi connectivity index (χ3n) is 5.10. The van der Waals surface area contributed by atoms with Crippen molar-refractivity contribution in [2.75, 3.05) is 6.61 Å². The molecule has 0 unspecified atom stereocenters. The highest BCUT2D eigenvalue weighted by Gasteiger charge is 2.25. The fraction of sp³-hybridized carbons (Fsp3) is 0.435. The Morgan fingerprint density at radius 1 is 1.16 bits per heavy atom. The topological polar surface area (TPSA) is 92.3 Å². The van der Waals surface area contributed by atoms with E-state index < -0.39 is 17.2 Å². The number of nitrogens with zero attached hydrogens (tertiary/aromatic N) is 2. The Morgan fingerprint density at radius 2 is 1.77 bits per heavy atom. The molecule has 0 atom stereocenters. The third-order valence-corrected chi connectivity index (χ3v) is 5.66. The smallest absolute Gasteiger partial charge is 0.271 e. The van der Waals surface area contributed by atoms with Gasteiger partial charge in [-0.25, -0.2) is 0 Å². The Bertz CT molecular complexity index is 1050. The molecule has 0 aliphatic carbocycles. The lowest BCUT2D eigenvalue weighted by Gasteiger charge is -2.15. The summed E-state index contributed by atoms with van der Waals surface area (Å²) in [6.07, 6.45) is 5.41. The second-order valence-corrected chi connectivity index (χ2v) is 8.04.